The largest absolute Gasteiger partial charge is 0.491 e. The highest BCUT2D eigenvalue weighted by Crippen LogP contribution is 2.13. The van der Waals surface area contributed by atoms with E-state index in [0.717, 1.165) is 17.7 Å². The van der Waals surface area contributed by atoms with Gasteiger partial charge in [0.15, 0.2) is 0 Å². The van der Waals surface area contributed by atoms with E-state index in [4.69, 9.17) is 10.00 Å². The van der Waals surface area contributed by atoms with Gasteiger partial charge in [0.25, 0.3) is 0 Å². The van der Waals surface area contributed by atoms with Crippen LogP contribution in [0.25, 0.3) is 0 Å². The van der Waals surface area contributed by atoms with Crippen molar-refractivity contribution in [1.29, 1.82) is 5.26 Å². The number of nitriles is 1. The fraction of sp³-hybridized carbons (Fsp3) is 0.467. The van der Waals surface area contributed by atoms with Gasteiger partial charge in [0.05, 0.1) is 12.2 Å². The van der Waals surface area contributed by atoms with Crippen molar-refractivity contribution in [1.82, 2.24) is 5.32 Å². The number of benzene rings is 1. The van der Waals surface area contributed by atoms with Crippen molar-refractivity contribution in [2.45, 2.75) is 39.2 Å². The lowest BCUT2D eigenvalue weighted by molar-refractivity contribution is -0.120. The highest BCUT2D eigenvalue weighted by Gasteiger charge is 2.01. The molecule has 0 radical (unpaired) electrons. The van der Waals surface area contributed by atoms with Gasteiger partial charge >= 0.3 is 0 Å². The third-order valence-corrected chi connectivity index (χ3v) is 2.49. The summed E-state index contributed by atoms with van der Waals surface area (Å²) >= 11 is 0. The molecule has 1 aromatic rings. The first kappa shape index (κ1) is 15.0. The Kier molecular flexibility index (Phi) is 6.45. The molecule has 0 unspecified atom stereocenters. The van der Waals surface area contributed by atoms with Crippen LogP contribution in [-0.4, -0.2) is 18.6 Å². The third kappa shape index (κ3) is 6.46. The molecule has 0 aliphatic heterocycles. The van der Waals surface area contributed by atoms with Gasteiger partial charge in [0.1, 0.15) is 5.75 Å². The molecule has 0 aromatic heterocycles. The highest BCUT2D eigenvalue weighted by atomic mass is 16.5. The van der Waals surface area contributed by atoms with Gasteiger partial charge < -0.3 is 10.1 Å². The number of carbonyl (C=O) groups excluding carboxylic acids is 1. The maximum Gasteiger partial charge on any atom is 0.221 e. The fourth-order valence-corrected chi connectivity index (χ4v) is 1.61. The summed E-state index contributed by atoms with van der Waals surface area (Å²) in [4.78, 5) is 11.3. The zero-order valence-corrected chi connectivity index (χ0v) is 11.5. The highest BCUT2D eigenvalue weighted by molar-refractivity contribution is 5.76. The van der Waals surface area contributed by atoms with Crippen molar-refractivity contribution in [3.8, 4) is 11.8 Å². The topological polar surface area (TPSA) is 62.1 Å². The van der Waals surface area contributed by atoms with Crippen molar-refractivity contribution >= 4 is 5.91 Å². The molecule has 0 saturated heterocycles. The number of hydrogen-bond donors (Lipinski definition) is 1. The van der Waals surface area contributed by atoms with Gasteiger partial charge in [-0.15, -0.1) is 0 Å². The first-order valence-corrected chi connectivity index (χ1v) is 6.51. The smallest absolute Gasteiger partial charge is 0.221 e. The molecule has 0 fully saturated rings. The Balaban J connectivity index is 2.30. The maximum absolute atomic E-state index is 11.3. The van der Waals surface area contributed by atoms with Crippen molar-refractivity contribution in [2.75, 3.05) is 6.54 Å². The fourth-order valence-electron chi connectivity index (χ4n) is 1.61. The van der Waals surface area contributed by atoms with Crippen molar-refractivity contribution < 1.29 is 9.53 Å². The van der Waals surface area contributed by atoms with Crippen LogP contribution in [0.2, 0.25) is 0 Å². The molecular weight excluding hydrogens is 240 g/mol. The van der Waals surface area contributed by atoms with E-state index >= 15 is 0 Å². The van der Waals surface area contributed by atoms with Gasteiger partial charge in [-0.1, -0.05) is 12.1 Å². The number of hydrogen-bond acceptors (Lipinski definition) is 3. The van der Waals surface area contributed by atoms with Crippen LogP contribution in [0, 0.1) is 11.3 Å². The van der Waals surface area contributed by atoms with Crippen molar-refractivity contribution in [3.05, 3.63) is 29.8 Å². The number of ether oxygens (including phenoxy) is 1. The lowest BCUT2D eigenvalue weighted by Crippen LogP contribution is -2.25. The number of nitrogens with zero attached hydrogens (tertiary/aromatic N) is 1. The standard InChI is InChI=1S/C15H20N2O2/c1-12(2)19-14-7-5-13(6-8-14)9-11-17-15(18)4-3-10-16/h5-8,12H,3-4,9,11H2,1-2H3,(H,17,18). The molecule has 1 amide bonds. The summed E-state index contributed by atoms with van der Waals surface area (Å²) in [5.41, 5.74) is 1.15. The molecule has 4 heteroatoms. The van der Waals surface area contributed by atoms with Gasteiger partial charge in [0.2, 0.25) is 5.91 Å². The second-order valence-corrected chi connectivity index (χ2v) is 4.57. The molecule has 0 spiro atoms. The minimum absolute atomic E-state index is 0.0682. The Labute approximate surface area is 114 Å². The predicted molar refractivity (Wildman–Crippen MR) is 73.8 cm³/mol. The Morgan fingerprint density at radius 2 is 2.05 bits per heavy atom. The third-order valence-electron chi connectivity index (χ3n) is 2.49. The minimum Gasteiger partial charge on any atom is -0.491 e. The van der Waals surface area contributed by atoms with Crippen LogP contribution in [0.15, 0.2) is 24.3 Å². The lowest BCUT2D eigenvalue weighted by Gasteiger charge is -2.10. The van der Waals surface area contributed by atoms with E-state index in [9.17, 15) is 4.79 Å². The van der Waals surface area contributed by atoms with E-state index in [1.165, 1.54) is 0 Å². The van der Waals surface area contributed by atoms with Crippen LogP contribution in [0.3, 0.4) is 0 Å². The number of amides is 1. The SMILES string of the molecule is CC(C)Oc1ccc(CCNC(=O)CCC#N)cc1. The lowest BCUT2D eigenvalue weighted by atomic mass is 10.1. The van der Waals surface area contributed by atoms with Crippen LogP contribution in [0.5, 0.6) is 5.75 Å². The zero-order chi connectivity index (χ0) is 14.1. The summed E-state index contributed by atoms with van der Waals surface area (Å²) in [6, 6.07) is 9.83. The van der Waals surface area contributed by atoms with Crippen LogP contribution >= 0.6 is 0 Å². The second-order valence-electron chi connectivity index (χ2n) is 4.57. The Morgan fingerprint density at radius 3 is 2.63 bits per heavy atom. The van der Waals surface area contributed by atoms with E-state index in [-0.39, 0.29) is 24.9 Å². The molecule has 0 aliphatic rings. The molecule has 0 saturated carbocycles. The van der Waals surface area contributed by atoms with Crippen LogP contribution < -0.4 is 10.1 Å². The minimum atomic E-state index is -0.0682. The van der Waals surface area contributed by atoms with Crippen LogP contribution in [0.4, 0.5) is 0 Å². The number of nitrogens with one attached hydrogen (secondary N) is 1. The normalized spacial score (nSPS) is 10.0. The average Bonchev–Trinajstić information content (AvgIpc) is 2.38. The molecule has 19 heavy (non-hydrogen) atoms. The second kappa shape index (κ2) is 8.15. The van der Waals surface area contributed by atoms with Crippen LogP contribution in [0.1, 0.15) is 32.3 Å². The van der Waals surface area contributed by atoms with E-state index < -0.39 is 0 Å². The van der Waals surface area contributed by atoms with E-state index in [1.807, 2.05) is 44.2 Å². The maximum atomic E-state index is 11.3. The Bertz CT molecular complexity index is 432. The number of carbonyl (C=O) groups is 1. The Morgan fingerprint density at radius 1 is 1.37 bits per heavy atom. The molecular formula is C15H20N2O2. The van der Waals surface area contributed by atoms with Crippen molar-refractivity contribution in [3.63, 3.8) is 0 Å². The van der Waals surface area contributed by atoms with Gasteiger partial charge in [-0.2, -0.15) is 5.26 Å². The van der Waals surface area contributed by atoms with Gasteiger partial charge in [-0.05, 0) is 38.0 Å². The number of rotatable bonds is 7. The zero-order valence-electron chi connectivity index (χ0n) is 11.5. The van der Waals surface area contributed by atoms with E-state index in [0.29, 0.717) is 6.54 Å². The summed E-state index contributed by atoms with van der Waals surface area (Å²) in [5, 5.41) is 11.2. The molecule has 1 aromatic carbocycles. The summed E-state index contributed by atoms with van der Waals surface area (Å²) in [6.07, 6.45) is 1.50. The average molecular weight is 260 g/mol. The molecule has 0 heterocycles. The molecule has 0 bridgehead atoms. The van der Waals surface area contributed by atoms with E-state index in [2.05, 4.69) is 5.32 Å². The van der Waals surface area contributed by atoms with Crippen LogP contribution in [-0.2, 0) is 11.2 Å². The molecule has 1 rings (SSSR count). The van der Waals surface area contributed by atoms with Gasteiger partial charge in [0, 0.05) is 19.4 Å². The summed E-state index contributed by atoms with van der Waals surface area (Å²) in [6.45, 7) is 4.57. The Hall–Kier alpha value is -2.02. The summed E-state index contributed by atoms with van der Waals surface area (Å²) in [7, 11) is 0. The molecule has 0 aliphatic carbocycles. The first-order chi connectivity index (χ1) is 9.11. The van der Waals surface area contributed by atoms with E-state index in [1.54, 1.807) is 0 Å². The van der Waals surface area contributed by atoms with Gasteiger partial charge in [-0.3, -0.25) is 4.79 Å². The molecule has 1 N–H and O–H groups in total. The molecule has 4 nitrogen and oxygen atoms in total. The molecule has 0 atom stereocenters. The van der Waals surface area contributed by atoms with Gasteiger partial charge in [-0.25, -0.2) is 0 Å². The van der Waals surface area contributed by atoms with Crippen molar-refractivity contribution in [2.24, 2.45) is 0 Å². The predicted octanol–water partition coefficient (Wildman–Crippen LogP) is 2.44. The quantitative estimate of drug-likeness (QED) is 0.819. The first-order valence-electron chi connectivity index (χ1n) is 6.51. The summed E-state index contributed by atoms with van der Waals surface area (Å²) < 4.78 is 5.56. The summed E-state index contributed by atoms with van der Waals surface area (Å²) in [5.74, 6) is 0.790. The monoisotopic (exact) mass is 260 g/mol. The molecule has 102 valence electrons.